The van der Waals surface area contributed by atoms with Gasteiger partial charge in [-0.1, -0.05) is 18.2 Å². The van der Waals surface area contributed by atoms with E-state index < -0.39 is 10.8 Å². The Kier molecular flexibility index (Phi) is 4.88. The lowest BCUT2D eigenvalue weighted by molar-refractivity contribution is 0.232. The third-order valence-corrected chi connectivity index (χ3v) is 5.20. The molecule has 0 aliphatic carbocycles. The largest absolute Gasteiger partial charge is 0.491 e. The van der Waals surface area contributed by atoms with Gasteiger partial charge in [0.15, 0.2) is 0 Å². The molecule has 2 amide bonds. The molecule has 5 nitrogen and oxygen atoms in total. The molecule has 0 saturated carbocycles. The van der Waals surface area contributed by atoms with Crippen molar-refractivity contribution in [1.29, 1.82) is 0 Å². The fraction of sp³-hybridized carbons (Fsp3) is 0.533. The lowest BCUT2D eigenvalue weighted by Gasteiger charge is -2.18. The summed E-state index contributed by atoms with van der Waals surface area (Å²) in [6, 6.07) is 7.28. The first-order valence-corrected chi connectivity index (χ1v) is 8.34. The quantitative estimate of drug-likeness (QED) is 0.893. The molecule has 1 heterocycles. The van der Waals surface area contributed by atoms with Crippen LogP contribution >= 0.6 is 0 Å². The van der Waals surface area contributed by atoms with Crippen LogP contribution in [-0.2, 0) is 10.8 Å². The summed E-state index contributed by atoms with van der Waals surface area (Å²) < 4.78 is 17.1. The zero-order valence-corrected chi connectivity index (χ0v) is 13.5. The first-order valence-electron chi connectivity index (χ1n) is 7.02. The van der Waals surface area contributed by atoms with Gasteiger partial charge in [0.05, 0.1) is 6.04 Å². The van der Waals surface area contributed by atoms with Crippen molar-refractivity contribution in [1.82, 2.24) is 10.6 Å². The summed E-state index contributed by atoms with van der Waals surface area (Å²) in [4.78, 5) is 11.9. The number of ether oxygens (including phenoxy) is 1. The highest BCUT2D eigenvalue weighted by atomic mass is 32.2. The summed E-state index contributed by atoms with van der Waals surface area (Å²) in [5, 5.41) is 5.62. The predicted molar refractivity (Wildman–Crippen MR) is 84.0 cm³/mol. The van der Waals surface area contributed by atoms with E-state index in [-0.39, 0.29) is 16.8 Å². The van der Waals surface area contributed by atoms with Crippen molar-refractivity contribution in [3.05, 3.63) is 29.8 Å². The van der Waals surface area contributed by atoms with Crippen LogP contribution in [0.15, 0.2) is 24.3 Å². The number of fused-ring (bicyclic) bond motifs is 1. The molecule has 2 N–H and O–H groups in total. The monoisotopic (exact) mass is 310 g/mol. The van der Waals surface area contributed by atoms with Crippen molar-refractivity contribution >= 4 is 16.8 Å². The first kappa shape index (κ1) is 15.8. The Morgan fingerprint density at radius 3 is 2.81 bits per heavy atom. The first-order chi connectivity index (χ1) is 9.88. The summed E-state index contributed by atoms with van der Waals surface area (Å²) in [5.74, 6) is 1.27. The SMILES string of the molecule is CC(C)(C)[S@@](=O)CCNC(=O)N[C@@H]1COc2ccccc21. The Hall–Kier alpha value is -1.56. The average molecular weight is 310 g/mol. The summed E-state index contributed by atoms with van der Waals surface area (Å²) in [6.45, 7) is 6.62. The highest BCUT2D eigenvalue weighted by molar-refractivity contribution is 7.86. The molecule has 2 atom stereocenters. The minimum Gasteiger partial charge on any atom is -0.491 e. The molecule has 1 aromatic rings. The third-order valence-electron chi connectivity index (χ3n) is 3.26. The second-order valence-electron chi connectivity index (χ2n) is 5.96. The van der Waals surface area contributed by atoms with Crippen molar-refractivity contribution in [2.75, 3.05) is 18.9 Å². The Labute approximate surface area is 127 Å². The lowest BCUT2D eigenvalue weighted by Crippen LogP contribution is -2.41. The Balaban J connectivity index is 1.78. The molecule has 6 heteroatoms. The number of urea groups is 1. The summed E-state index contributed by atoms with van der Waals surface area (Å²) in [6.07, 6.45) is 0. The van der Waals surface area contributed by atoms with Crippen LogP contribution in [0.2, 0.25) is 0 Å². The molecule has 0 unspecified atom stereocenters. The number of hydrogen-bond donors (Lipinski definition) is 2. The van der Waals surface area contributed by atoms with Crippen LogP contribution in [0.3, 0.4) is 0 Å². The number of amides is 2. The van der Waals surface area contributed by atoms with Crippen LogP contribution in [0, 0.1) is 0 Å². The molecule has 1 aromatic carbocycles. The molecule has 0 fully saturated rings. The average Bonchev–Trinajstić information content (AvgIpc) is 2.81. The molecule has 2 rings (SSSR count). The van der Waals surface area contributed by atoms with Crippen LogP contribution in [0.5, 0.6) is 5.75 Å². The van der Waals surface area contributed by atoms with Gasteiger partial charge in [0, 0.05) is 33.4 Å². The second-order valence-corrected chi connectivity index (χ2v) is 8.29. The molecule has 0 bridgehead atoms. The van der Waals surface area contributed by atoms with E-state index in [0.717, 1.165) is 11.3 Å². The maximum atomic E-state index is 11.9. The van der Waals surface area contributed by atoms with E-state index in [1.165, 1.54) is 0 Å². The molecule has 1 aliphatic rings. The zero-order valence-electron chi connectivity index (χ0n) is 12.6. The van der Waals surface area contributed by atoms with Crippen LogP contribution in [-0.4, -0.2) is 33.9 Å². The third kappa shape index (κ3) is 4.20. The predicted octanol–water partition coefficient (Wildman–Crippen LogP) is 1.97. The molecule has 116 valence electrons. The van der Waals surface area contributed by atoms with E-state index in [2.05, 4.69) is 10.6 Å². The smallest absolute Gasteiger partial charge is 0.315 e. The molecule has 0 aromatic heterocycles. The van der Waals surface area contributed by atoms with Crippen LogP contribution in [0.25, 0.3) is 0 Å². The fourth-order valence-corrected chi connectivity index (χ4v) is 2.95. The zero-order chi connectivity index (χ0) is 15.5. The molecule has 0 saturated heterocycles. The number of hydrogen-bond acceptors (Lipinski definition) is 3. The van der Waals surface area contributed by atoms with Crippen molar-refractivity contribution in [3.63, 3.8) is 0 Å². The molecular formula is C15H22N2O3S. The van der Waals surface area contributed by atoms with Gasteiger partial charge in [-0.3, -0.25) is 4.21 Å². The highest BCUT2D eigenvalue weighted by Gasteiger charge is 2.25. The second kappa shape index (κ2) is 6.47. The Bertz CT molecular complexity index is 540. The van der Waals surface area contributed by atoms with E-state index in [1.807, 2.05) is 45.0 Å². The van der Waals surface area contributed by atoms with E-state index in [9.17, 15) is 9.00 Å². The van der Waals surface area contributed by atoms with Gasteiger partial charge in [-0.25, -0.2) is 4.79 Å². The van der Waals surface area contributed by atoms with Crippen LogP contribution in [0.4, 0.5) is 4.79 Å². The van der Waals surface area contributed by atoms with E-state index in [1.54, 1.807) is 0 Å². The van der Waals surface area contributed by atoms with E-state index in [0.29, 0.717) is 18.9 Å². The van der Waals surface area contributed by atoms with Gasteiger partial charge in [-0.2, -0.15) is 0 Å². The number of rotatable bonds is 4. The summed E-state index contributed by atoms with van der Waals surface area (Å²) >= 11 is 0. The normalized spacial score (nSPS) is 18.5. The summed E-state index contributed by atoms with van der Waals surface area (Å²) in [5.41, 5.74) is 0.992. The van der Waals surface area contributed by atoms with Crippen molar-refractivity contribution in [2.45, 2.75) is 31.6 Å². The standard InChI is InChI=1S/C15H22N2O3S/c1-15(2,3)21(19)9-8-16-14(18)17-12-10-20-13-7-5-4-6-11(12)13/h4-7,12H,8-10H2,1-3H3,(H2,16,17,18)/t12-,21+/m1/s1. The minimum absolute atomic E-state index is 0.130. The van der Waals surface area contributed by atoms with Gasteiger partial charge in [-0.05, 0) is 26.8 Å². The Morgan fingerprint density at radius 1 is 1.38 bits per heavy atom. The van der Waals surface area contributed by atoms with Crippen LogP contribution < -0.4 is 15.4 Å². The highest BCUT2D eigenvalue weighted by Crippen LogP contribution is 2.31. The van der Waals surface area contributed by atoms with E-state index >= 15 is 0 Å². The van der Waals surface area contributed by atoms with Crippen molar-refractivity contribution in [2.24, 2.45) is 0 Å². The number of carbonyl (C=O) groups is 1. The van der Waals surface area contributed by atoms with Gasteiger partial charge in [0.25, 0.3) is 0 Å². The number of para-hydroxylation sites is 1. The molecule has 0 radical (unpaired) electrons. The molecule has 1 aliphatic heterocycles. The molecule has 0 spiro atoms. The molecular weight excluding hydrogens is 288 g/mol. The van der Waals surface area contributed by atoms with Gasteiger partial charge >= 0.3 is 6.03 Å². The van der Waals surface area contributed by atoms with E-state index in [4.69, 9.17) is 4.74 Å². The fourth-order valence-electron chi connectivity index (χ4n) is 2.05. The van der Waals surface area contributed by atoms with Gasteiger partial charge in [0.2, 0.25) is 0 Å². The maximum absolute atomic E-state index is 11.9. The minimum atomic E-state index is -0.961. The van der Waals surface area contributed by atoms with Crippen LogP contribution in [0.1, 0.15) is 32.4 Å². The van der Waals surface area contributed by atoms with Gasteiger partial charge in [0.1, 0.15) is 12.4 Å². The summed E-state index contributed by atoms with van der Waals surface area (Å²) in [7, 11) is -0.961. The van der Waals surface area contributed by atoms with Crippen molar-refractivity contribution in [3.8, 4) is 5.75 Å². The Morgan fingerprint density at radius 2 is 2.10 bits per heavy atom. The maximum Gasteiger partial charge on any atom is 0.315 e. The number of carbonyl (C=O) groups excluding carboxylic acids is 1. The molecule has 21 heavy (non-hydrogen) atoms. The van der Waals surface area contributed by atoms with Crippen molar-refractivity contribution < 1.29 is 13.7 Å². The number of benzene rings is 1. The van der Waals surface area contributed by atoms with Gasteiger partial charge in [-0.15, -0.1) is 0 Å². The topological polar surface area (TPSA) is 67.4 Å². The lowest BCUT2D eigenvalue weighted by atomic mass is 10.1. The number of nitrogens with one attached hydrogen (secondary N) is 2. The van der Waals surface area contributed by atoms with Gasteiger partial charge < -0.3 is 15.4 Å².